The summed E-state index contributed by atoms with van der Waals surface area (Å²) in [6.45, 7) is 8.90. The van der Waals surface area contributed by atoms with E-state index in [0.717, 1.165) is 25.7 Å². The highest BCUT2D eigenvalue weighted by Gasteiger charge is 2.30. The number of para-hydroxylation sites is 1. The fourth-order valence-corrected chi connectivity index (χ4v) is 4.20. The Morgan fingerprint density at radius 1 is 0.944 bits per heavy atom. The fourth-order valence-electron chi connectivity index (χ4n) is 4.20. The van der Waals surface area contributed by atoms with Crippen LogP contribution in [0.2, 0.25) is 0 Å². The Labute approximate surface area is 214 Å². The Morgan fingerprint density at radius 2 is 1.64 bits per heavy atom. The number of phenols is 1. The van der Waals surface area contributed by atoms with E-state index in [9.17, 15) is 9.90 Å². The normalized spacial score (nSPS) is 13.4. The number of aromatic hydroxyl groups is 1. The van der Waals surface area contributed by atoms with Crippen LogP contribution in [-0.2, 0) is 0 Å². The van der Waals surface area contributed by atoms with Crippen LogP contribution in [0.4, 0.5) is 17.1 Å². The van der Waals surface area contributed by atoms with Gasteiger partial charge in [0.1, 0.15) is 22.9 Å². The molecule has 2 N–H and O–H groups in total. The highest BCUT2D eigenvalue weighted by atomic mass is 16.5. The molecule has 0 fully saturated rings. The molecule has 1 aliphatic rings. The third-order valence-electron chi connectivity index (χ3n) is 6.31. The number of rotatable bonds is 10. The molecule has 2 aromatic carbocycles. The Hall–Kier alpha value is -3.67. The average molecular weight is 491 g/mol. The minimum Gasteiger partial charge on any atom is -0.506 e. The zero-order valence-electron chi connectivity index (χ0n) is 22.3. The van der Waals surface area contributed by atoms with Crippen molar-refractivity contribution in [1.82, 2.24) is 0 Å². The third-order valence-corrected chi connectivity index (χ3v) is 6.31. The number of benzene rings is 2. The number of phenolic OH excluding ortho intramolecular Hbond substituents is 1. The summed E-state index contributed by atoms with van der Waals surface area (Å²) in [7, 11) is 3.09. The molecular formula is C30H38N2O4. The first-order chi connectivity index (χ1) is 17.2. The van der Waals surface area contributed by atoms with Gasteiger partial charge in [-0.15, -0.1) is 0 Å². The first-order valence-corrected chi connectivity index (χ1v) is 12.4. The van der Waals surface area contributed by atoms with Gasteiger partial charge in [-0.05, 0) is 65.5 Å². The number of fused-ring (bicyclic) bond motifs is 2. The van der Waals surface area contributed by atoms with Gasteiger partial charge in [0.05, 0.1) is 31.2 Å². The summed E-state index contributed by atoms with van der Waals surface area (Å²) in [4.78, 5) is 15.4. The lowest BCUT2D eigenvalue weighted by Crippen LogP contribution is -2.30. The molecule has 6 heteroatoms. The van der Waals surface area contributed by atoms with Crippen LogP contribution in [0.15, 0.2) is 65.3 Å². The summed E-state index contributed by atoms with van der Waals surface area (Å²) in [5.41, 5.74) is 5.95. The van der Waals surface area contributed by atoms with Gasteiger partial charge < -0.3 is 24.8 Å². The Kier molecular flexibility index (Phi) is 9.23. The van der Waals surface area contributed by atoms with Gasteiger partial charge in [0, 0.05) is 18.7 Å². The average Bonchev–Trinajstić information content (AvgIpc) is 2.96. The lowest BCUT2D eigenvalue weighted by molar-refractivity contribution is 0.0991. The van der Waals surface area contributed by atoms with Crippen LogP contribution < -0.4 is 19.7 Å². The number of allylic oxidation sites excluding steroid dienone is 5. The quantitative estimate of drug-likeness (QED) is 0.266. The molecule has 3 rings (SSSR count). The van der Waals surface area contributed by atoms with Crippen LogP contribution >= 0.6 is 0 Å². The van der Waals surface area contributed by atoms with Crippen LogP contribution in [0, 0.1) is 0 Å². The van der Waals surface area contributed by atoms with Crippen LogP contribution in [-0.4, -0.2) is 31.8 Å². The van der Waals surface area contributed by atoms with Gasteiger partial charge in [0.15, 0.2) is 0 Å². The molecular weight excluding hydrogens is 452 g/mol. The molecule has 0 unspecified atom stereocenters. The first kappa shape index (κ1) is 26.9. The topological polar surface area (TPSA) is 71.0 Å². The molecule has 2 aromatic rings. The molecule has 0 saturated carbocycles. The van der Waals surface area contributed by atoms with E-state index in [0.29, 0.717) is 40.7 Å². The second kappa shape index (κ2) is 12.3. The first-order valence-electron chi connectivity index (χ1n) is 12.4. The lowest BCUT2D eigenvalue weighted by Gasteiger charge is -2.23. The summed E-state index contributed by atoms with van der Waals surface area (Å²) in [6.07, 6.45) is 10.7. The fraction of sp³-hybridized carbons (Fsp3) is 0.367. The standard InChI is InChI=1S/C30H38N2O4/c1-20(2)10-7-11-21(3)12-8-13-22(4)16-17-32-25-18-23(35-5)19-26(33)29(25)31-28-24(30(32)34)14-9-15-27(28)36-6/h9-10,12,14-16,18-19,31,33H,7-8,11,13,17H2,1-6H3. The van der Waals surface area contributed by atoms with Crippen molar-refractivity contribution in [2.45, 2.75) is 53.4 Å². The molecule has 0 bridgehead atoms. The smallest absolute Gasteiger partial charge is 0.260 e. The van der Waals surface area contributed by atoms with Gasteiger partial charge in [0.2, 0.25) is 0 Å². The van der Waals surface area contributed by atoms with Crippen molar-refractivity contribution in [2.24, 2.45) is 0 Å². The van der Waals surface area contributed by atoms with Crippen molar-refractivity contribution in [3.8, 4) is 17.2 Å². The molecule has 0 spiro atoms. The van der Waals surface area contributed by atoms with Crippen molar-refractivity contribution < 1.29 is 19.4 Å². The number of nitrogens with one attached hydrogen (secondary N) is 1. The molecule has 36 heavy (non-hydrogen) atoms. The number of hydrogen-bond acceptors (Lipinski definition) is 5. The van der Waals surface area contributed by atoms with Crippen molar-refractivity contribution in [3.63, 3.8) is 0 Å². The zero-order valence-corrected chi connectivity index (χ0v) is 22.3. The number of carbonyl (C=O) groups is 1. The molecule has 0 radical (unpaired) electrons. The highest BCUT2D eigenvalue weighted by molar-refractivity contribution is 6.15. The van der Waals surface area contributed by atoms with Crippen LogP contribution in [0.3, 0.4) is 0 Å². The SMILES string of the molecule is COc1cc(O)c2c(c1)N(CC=C(C)CCC=C(C)CCC=C(C)C)C(=O)c1cccc(OC)c1N2. The number of carbonyl (C=O) groups excluding carboxylic acids is 1. The van der Waals surface area contributed by atoms with Crippen molar-refractivity contribution >= 4 is 23.0 Å². The zero-order chi connectivity index (χ0) is 26.2. The van der Waals surface area contributed by atoms with Crippen LogP contribution in [0.25, 0.3) is 0 Å². The lowest BCUT2D eigenvalue weighted by atomic mass is 10.1. The Morgan fingerprint density at radius 3 is 2.31 bits per heavy atom. The molecule has 6 nitrogen and oxygen atoms in total. The van der Waals surface area contributed by atoms with Gasteiger partial charge in [0.25, 0.3) is 5.91 Å². The number of amides is 1. The summed E-state index contributed by atoms with van der Waals surface area (Å²) in [5.74, 6) is 0.817. The maximum atomic E-state index is 13.7. The maximum Gasteiger partial charge on any atom is 0.260 e. The molecule has 1 amide bonds. The molecule has 1 aliphatic heterocycles. The molecule has 192 valence electrons. The van der Waals surface area contributed by atoms with Crippen molar-refractivity contribution in [2.75, 3.05) is 31.0 Å². The van der Waals surface area contributed by atoms with Crippen molar-refractivity contribution in [3.05, 3.63) is 70.8 Å². The van der Waals surface area contributed by atoms with E-state index >= 15 is 0 Å². The highest BCUT2D eigenvalue weighted by Crippen LogP contribution is 2.46. The van der Waals surface area contributed by atoms with Crippen molar-refractivity contribution in [1.29, 1.82) is 0 Å². The van der Waals surface area contributed by atoms with Gasteiger partial charge in [-0.25, -0.2) is 0 Å². The monoisotopic (exact) mass is 490 g/mol. The molecule has 0 saturated heterocycles. The van der Waals surface area contributed by atoms with E-state index < -0.39 is 0 Å². The number of hydrogen-bond donors (Lipinski definition) is 2. The van der Waals surface area contributed by atoms with Gasteiger partial charge >= 0.3 is 0 Å². The van der Waals surface area contributed by atoms with E-state index in [-0.39, 0.29) is 11.7 Å². The van der Waals surface area contributed by atoms with E-state index in [2.05, 4.69) is 51.2 Å². The predicted molar refractivity (Wildman–Crippen MR) is 148 cm³/mol. The summed E-state index contributed by atoms with van der Waals surface area (Å²) < 4.78 is 10.9. The molecule has 1 heterocycles. The predicted octanol–water partition coefficient (Wildman–Crippen LogP) is 7.53. The van der Waals surface area contributed by atoms with Crippen LogP contribution in [0.5, 0.6) is 17.2 Å². The second-order valence-electron chi connectivity index (χ2n) is 9.42. The minimum atomic E-state index is -0.179. The molecule has 0 aliphatic carbocycles. The Bertz CT molecular complexity index is 1190. The van der Waals surface area contributed by atoms with E-state index in [1.165, 1.54) is 29.9 Å². The molecule has 0 aromatic heterocycles. The second-order valence-corrected chi connectivity index (χ2v) is 9.42. The van der Waals surface area contributed by atoms with E-state index in [4.69, 9.17) is 9.47 Å². The van der Waals surface area contributed by atoms with Gasteiger partial charge in [-0.1, -0.05) is 41.0 Å². The summed E-state index contributed by atoms with van der Waals surface area (Å²) in [5, 5.41) is 14.0. The number of anilines is 3. The summed E-state index contributed by atoms with van der Waals surface area (Å²) in [6, 6.07) is 8.63. The number of ether oxygens (including phenoxy) is 2. The minimum absolute atomic E-state index is 0.00432. The maximum absolute atomic E-state index is 13.7. The van der Waals surface area contributed by atoms with E-state index in [1.807, 2.05) is 0 Å². The summed E-state index contributed by atoms with van der Waals surface area (Å²) >= 11 is 0. The van der Waals surface area contributed by atoms with Crippen LogP contribution in [0.1, 0.15) is 63.7 Å². The number of nitrogens with zero attached hydrogens (tertiary/aromatic N) is 1. The third kappa shape index (κ3) is 6.51. The van der Waals surface area contributed by atoms with Gasteiger partial charge in [-0.2, -0.15) is 0 Å². The number of methoxy groups -OCH3 is 2. The molecule has 0 atom stereocenters. The van der Waals surface area contributed by atoms with E-state index in [1.54, 1.807) is 36.3 Å². The Balaban J connectivity index is 1.85. The van der Waals surface area contributed by atoms with Gasteiger partial charge in [-0.3, -0.25) is 4.79 Å². The largest absolute Gasteiger partial charge is 0.506 e.